The van der Waals surface area contributed by atoms with Gasteiger partial charge in [-0.1, -0.05) is 19.9 Å². The first-order valence-corrected chi connectivity index (χ1v) is 6.53. The fourth-order valence-electron chi connectivity index (χ4n) is 2.42. The summed E-state index contributed by atoms with van der Waals surface area (Å²) in [6.07, 6.45) is 0. The average Bonchev–Trinajstić information content (AvgIpc) is 2.33. The number of likely N-dealkylation sites (tertiary alicyclic amines) is 1. The Morgan fingerprint density at radius 1 is 1.42 bits per heavy atom. The highest BCUT2D eigenvalue weighted by Gasteiger charge is 2.39. The van der Waals surface area contributed by atoms with Crippen molar-refractivity contribution < 1.29 is 14.6 Å². The Labute approximate surface area is 114 Å². The number of β-amino-alcohol motifs (C(OH)–C–C–N with tert-alkyl or cyclic N) is 1. The molecule has 0 bridgehead atoms. The van der Waals surface area contributed by atoms with Gasteiger partial charge >= 0.3 is 0 Å². The number of carbonyl (C=O) groups excluding carboxylic acids is 1. The number of rotatable bonds is 3. The Balaban J connectivity index is 2.20. The number of ether oxygens (including phenoxy) is 1. The Bertz CT molecular complexity index is 486. The predicted molar refractivity (Wildman–Crippen MR) is 73.6 cm³/mol. The van der Waals surface area contributed by atoms with Gasteiger partial charge in [0, 0.05) is 5.56 Å². The smallest absolute Gasteiger partial charge is 0.254 e. The van der Waals surface area contributed by atoms with Crippen molar-refractivity contribution in [2.75, 3.05) is 20.2 Å². The molecule has 1 saturated heterocycles. The number of carbonyl (C=O) groups is 1. The molecule has 0 atom stereocenters. The minimum absolute atomic E-state index is 0.0554. The number of amides is 1. The molecule has 19 heavy (non-hydrogen) atoms. The molecule has 0 aromatic heterocycles. The van der Waals surface area contributed by atoms with E-state index in [1.807, 2.05) is 12.1 Å². The second-order valence-electron chi connectivity index (χ2n) is 5.77. The number of benzene rings is 1. The highest BCUT2D eigenvalue weighted by molar-refractivity contribution is 5.95. The van der Waals surface area contributed by atoms with Gasteiger partial charge in [0.1, 0.15) is 5.75 Å². The number of aliphatic hydroxyl groups is 1. The van der Waals surface area contributed by atoms with Gasteiger partial charge < -0.3 is 14.7 Å². The highest BCUT2D eigenvalue weighted by Crippen LogP contribution is 2.29. The molecule has 0 unspecified atom stereocenters. The second kappa shape index (κ2) is 4.85. The number of nitrogens with zero attached hydrogens (tertiary/aromatic N) is 1. The maximum absolute atomic E-state index is 12.2. The van der Waals surface area contributed by atoms with Crippen LogP contribution in [0.25, 0.3) is 0 Å². The van der Waals surface area contributed by atoms with Crippen LogP contribution in [0.1, 0.15) is 42.6 Å². The summed E-state index contributed by atoms with van der Waals surface area (Å²) in [5.74, 6) is 1.04. The Morgan fingerprint density at radius 2 is 2.05 bits per heavy atom. The number of methoxy groups -OCH3 is 1. The molecule has 0 spiro atoms. The van der Waals surface area contributed by atoms with Gasteiger partial charge in [-0.3, -0.25) is 4.79 Å². The van der Waals surface area contributed by atoms with Crippen molar-refractivity contribution >= 4 is 5.91 Å². The monoisotopic (exact) mass is 263 g/mol. The van der Waals surface area contributed by atoms with Crippen molar-refractivity contribution in [3.05, 3.63) is 29.3 Å². The number of hydrogen-bond acceptors (Lipinski definition) is 3. The van der Waals surface area contributed by atoms with E-state index < -0.39 is 5.60 Å². The van der Waals surface area contributed by atoms with Crippen molar-refractivity contribution in [1.29, 1.82) is 0 Å². The van der Waals surface area contributed by atoms with Crippen LogP contribution in [-0.4, -0.2) is 41.7 Å². The topological polar surface area (TPSA) is 49.8 Å². The lowest BCUT2D eigenvalue weighted by molar-refractivity contribution is -0.0668. The van der Waals surface area contributed by atoms with Gasteiger partial charge in [-0.2, -0.15) is 0 Å². The number of hydrogen-bond donors (Lipinski definition) is 1. The SMILES string of the molecule is COc1cc(C(=O)N2CC(C)(O)C2)ccc1C(C)C. The van der Waals surface area contributed by atoms with Gasteiger partial charge in [0.2, 0.25) is 0 Å². The molecule has 1 aliphatic heterocycles. The average molecular weight is 263 g/mol. The minimum Gasteiger partial charge on any atom is -0.496 e. The van der Waals surface area contributed by atoms with E-state index in [-0.39, 0.29) is 5.91 Å². The first-order valence-electron chi connectivity index (χ1n) is 6.53. The zero-order valence-corrected chi connectivity index (χ0v) is 11.9. The molecule has 1 aromatic rings. The molecule has 4 heteroatoms. The van der Waals surface area contributed by atoms with E-state index in [0.29, 0.717) is 24.6 Å². The van der Waals surface area contributed by atoms with E-state index in [9.17, 15) is 9.90 Å². The van der Waals surface area contributed by atoms with Gasteiger partial charge in [-0.25, -0.2) is 0 Å². The molecular formula is C15H21NO3. The molecule has 4 nitrogen and oxygen atoms in total. The van der Waals surface area contributed by atoms with Crippen LogP contribution in [0.15, 0.2) is 18.2 Å². The summed E-state index contributed by atoms with van der Waals surface area (Å²) in [6.45, 7) is 6.69. The third kappa shape index (κ3) is 2.73. The lowest BCUT2D eigenvalue weighted by Crippen LogP contribution is -2.61. The molecule has 104 valence electrons. The molecule has 1 heterocycles. The first kappa shape index (κ1) is 13.9. The maximum atomic E-state index is 12.2. The van der Waals surface area contributed by atoms with Crippen LogP contribution >= 0.6 is 0 Å². The van der Waals surface area contributed by atoms with Crippen molar-refractivity contribution in [3.63, 3.8) is 0 Å². The van der Waals surface area contributed by atoms with Crippen LogP contribution < -0.4 is 4.74 Å². The van der Waals surface area contributed by atoms with Crippen molar-refractivity contribution in [1.82, 2.24) is 4.90 Å². The first-order chi connectivity index (χ1) is 8.84. The lowest BCUT2D eigenvalue weighted by atomic mass is 9.95. The summed E-state index contributed by atoms with van der Waals surface area (Å²) in [7, 11) is 1.61. The van der Waals surface area contributed by atoms with Gasteiger partial charge in [-0.15, -0.1) is 0 Å². The molecule has 0 aliphatic carbocycles. The summed E-state index contributed by atoms with van der Waals surface area (Å²) in [5.41, 5.74) is 0.962. The molecule has 1 aromatic carbocycles. The molecule has 0 radical (unpaired) electrons. The van der Waals surface area contributed by atoms with E-state index in [2.05, 4.69) is 13.8 Å². The lowest BCUT2D eigenvalue weighted by Gasteiger charge is -2.44. The quantitative estimate of drug-likeness (QED) is 0.907. The van der Waals surface area contributed by atoms with Crippen LogP contribution in [0.4, 0.5) is 0 Å². The van der Waals surface area contributed by atoms with Crippen molar-refractivity contribution in [2.24, 2.45) is 0 Å². The van der Waals surface area contributed by atoms with E-state index in [0.717, 1.165) is 11.3 Å². The van der Waals surface area contributed by atoms with Crippen molar-refractivity contribution in [3.8, 4) is 5.75 Å². The Hall–Kier alpha value is -1.55. The van der Waals surface area contributed by atoms with E-state index >= 15 is 0 Å². The van der Waals surface area contributed by atoms with Gasteiger partial charge in [0.05, 0.1) is 25.8 Å². The Kier molecular flexibility index (Phi) is 3.54. The summed E-state index contributed by atoms with van der Waals surface area (Å²) < 4.78 is 5.35. The summed E-state index contributed by atoms with van der Waals surface area (Å²) in [5, 5.41) is 9.68. The molecule has 1 N–H and O–H groups in total. The van der Waals surface area contributed by atoms with Gasteiger partial charge in [0.15, 0.2) is 0 Å². The fourth-order valence-corrected chi connectivity index (χ4v) is 2.42. The molecule has 1 aliphatic rings. The highest BCUT2D eigenvalue weighted by atomic mass is 16.5. The Morgan fingerprint density at radius 3 is 2.53 bits per heavy atom. The third-order valence-corrected chi connectivity index (χ3v) is 3.45. The maximum Gasteiger partial charge on any atom is 0.254 e. The zero-order chi connectivity index (χ0) is 14.2. The van der Waals surface area contributed by atoms with Crippen LogP contribution in [-0.2, 0) is 0 Å². The summed E-state index contributed by atoms with van der Waals surface area (Å²) in [4.78, 5) is 13.9. The summed E-state index contributed by atoms with van der Waals surface area (Å²) in [6, 6.07) is 5.55. The van der Waals surface area contributed by atoms with E-state index in [1.54, 1.807) is 25.0 Å². The predicted octanol–water partition coefficient (Wildman–Crippen LogP) is 2.03. The molecular weight excluding hydrogens is 242 g/mol. The molecule has 2 rings (SSSR count). The second-order valence-corrected chi connectivity index (χ2v) is 5.77. The normalized spacial score (nSPS) is 17.3. The minimum atomic E-state index is -0.738. The standard InChI is InChI=1S/C15H21NO3/c1-10(2)12-6-5-11(7-13(12)19-4)14(17)16-8-15(3,18)9-16/h5-7,10,18H,8-9H2,1-4H3. The van der Waals surface area contributed by atoms with Gasteiger partial charge in [0.25, 0.3) is 5.91 Å². The molecule has 0 saturated carbocycles. The van der Waals surface area contributed by atoms with Crippen LogP contribution in [0.5, 0.6) is 5.75 Å². The largest absolute Gasteiger partial charge is 0.496 e. The fraction of sp³-hybridized carbons (Fsp3) is 0.533. The van der Waals surface area contributed by atoms with Crippen LogP contribution in [0.2, 0.25) is 0 Å². The van der Waals surface area contributed by atoms with Crippen molar-refractivity contribution in [2.45, 2.75) is 32.3 Å². The van der Waals surface area contributed by atoms with Crippen LogP contribution in [0, 0.1) is 0 Å². The van der Waals surface area contributed by atoms with Crippen LogP contribution in [0.3, 0.4) is 0 Å². The van der Waals surface area contributed by atoms with E-state index in [1.165, 1.54) is 0 Å². The van der Waals surface area contributed by atoms with E-state index in [4.69, 9.17) is 4.74 Å². The zero-order valence-electron chi connectivity index (χ0n) is 11.9. The molecule has 1 amide bonds. The van der Waals surface area contributed by atoms with Gasteiger partial charge in [-0.05, 0) is 30.5 Å². The molecule has 1 fully saturated rings. The summed E-state index contributed by atoms with van der Waals surface area (Å²) >= 11 is 0. The third-order valence-electron chi connectivity index (χ3n) is 3.45.